The first-order valence-electron chi connectivity index (χ1n) is 9.14. The largest absolute Gasteiger partial charge is 0.369 e. The smallest absolute Gasteiger partial charge is 0.0885 e. The van der Waals surface area contributed by atoms with Gasteiger partial charge in [0.25, 0.3) is 0 Å². The highest BCUT2D eigenvalue weighted by molar-refractivity contribution is 5.24. The summed E-state index contributed by atoms with van der Waals surface area (Å²) in [4.78, 5) is 2.86. The van der Waals surface area contributed by atoms with E-state index in [0.717, 1.165) is 24.0 Å². The van der Waals surface area contributed by atoms with Crippen molar-refractivity contribution in [1.82, 2.24) is 0 Å². The molecule has 0 amide bonds. The van der Waals surface area contributed by atoms with Crippen molar-refractivity contribution >= 4 is 0 Å². The van der Waals surface area contributed by atoms with Crippen molar-refractivity contribution in [3.8, 4) is 0 Å². The van der Waals surface area contributed by atoms with Gasteiger partial charge in [0, 0.05) is 4.91 Å². The van der Waals surface area contributed by atoms with E-state index in [1.54, 1.807) is 0 Å². The Labute approximate surface area is 160 Å². The Morgan fingerprint density at radius 2 is 1.30 bits per heavy atom. The van der Waals surface area contributed by atoms with E-state index in [-0.39, 0.29) is 12.6 Å². The first-order valence-corrected chi connectivity index (χ1v) is 9.14. The van der Waals surface area contributed by atoms with Crippen molar-refractivity contribution in [1.29, 1.82) is 0 Å². The van der Waals surface area contributed by atoms with Gasteiger partial charge >= 0.3 is 0 Å². The summed E-state index contributed by atoms with van der Waals surface area (Å²) in [6.07, 6.45) is 1.83. The fraction of sp³-hybridized carbons (Fsp3) is 0.217. The van der Waals surface area contributed by atoms with Gasteiger partial charge in [-0.25, -0.2) is 0 Å². The van der Waals surface area contributed by atoms with Gasteiger partial charge in [-0.15, -0.1) is 0 Å². The van der Waals surface area contributed by atoms with Crippen LogP contribution < -0.4 is 0 Å². The van der Waals surface area contributed by atoms with Crippen LogP contribution in [0.15, 0.2) is 90.0 Å². The molecule has 0 saturated heterocycles. The van der Waals surface area contributed by atoms with Gasteiger partial charge in [-0.1, -0.05) is 90.0 Å². The fourth-order valence-corrected chi connectivity index (χ4v) is 2.97. The molecule has 0 saturated carbocycles. The molecular formula is C23H23N3O. The maximum Gasteiger partial charge on any atom is 0.0885 e. The van der Waals surface area contributed by atoms with E-state index in [4.69, 9.17) is 10.3 Å². The molecule has 3 aromatic rings. The molecule has 3 aromatic carbocycles. The highest BCUT2D eigenvalue weighted by atomic mass is 16.5. The fourth-order valence-electron chi connectivity index (χ4n) is 2.97. The summed E-state index contributed by atoms with van der Waals surface area (Å²) in [5.74, 6) is 0. The molecule has 0 heterocycles. The summed E-state index contributed by atoms with van der Waals surface area (Å²) in [7, 11) is 0. The third kappa shape index (κ3) is 6.00. The Morgan fingerprint density at radius 1 is 0.741 bits per heavy atom. The van der Waals surface area contributed by atoms with Gasteiger partial charge in [-0.3, -0.25) is 0 Å². The highest BCUT2D eigenvalue weighted by Gasteiger charge is 2.11. The molecule has 0 spiro atoms. The summed E-state index contributed by atoms with van der Waals surface area (Å²) in [6.45, 7) is 0.773. The van der Waals surface area contributed by atoms with Crippen LogP contribution in [0.2, 0.25) is 0 Å². The Kier molecular flexibility index (Phi) is 7.05. The molecule has 27 heavy (non-hydrogen) atoms. The number of nitrogens with zero attached hydrogens (tertiary/aromatic N) is 3. The lowest BCUT2D eigenvalue weighted by molar-refractivity contribution is 0.0457. The second-order valence-electron chi connectivity index (χ2n) is 6.43. The van der Waals surface area contributed by atoms with Gasteiger partial charge in [0.05, 0.1) is 19.3 Å². The van der Waals surface area contributed by atoms with Crippen LogP contribution in [-0.2, 0) is 24.2 Å². The minimum absolute atomic E-state index is 0.236. The molecular weight excluding hydrogens is 334 g/mol. The number of benzene rings is 3. The molecule has 1 unspecified atom stereocenters. The Bertz CT molecular complexity index is 857. The second kappa shape index (κ2) is 10.2. The number of hydrogen-bond donors (Lipinski definition) is 0. The molecule has 4 heteroatoms. The summed E-state index contributed by atoms with van der Waals surface area (Å²) < 4.78 is 6.02. The number of azide groups is 1. The van der Waals surface area contributed by atoms with Gasteiger partial charge in [0.1, 0.15) is 0 Å². The molecule has 0 aliphatic rings. The highest BCUT2D eigenvalue weighted by Crippen LogP contribution is 2.20. The number of hydrogen-bond acceptors (Lipinski definition) is 2. The quantitative estimate of drug-likeness (QED) is 0.262. The minimum atomic E-state index is -0.236. The molecule has 0 N–H and O–H groups in total. The zero-order chi connectivity index (χ0) is 18.7. The monoisotopic (exact) mass is 357 g/mol. The van der Waals surface area contributed by atoms with Crippen molar-refractivity contribution in [2.24, 2.45) is 5.11 Å². The second-order valence-corrected chi connectivity index (χ2v) is 6.43. The average Bonchev–Trinajstić information content (AvgIpc) is 2.74. The Morgan fingerprint density at radius 3 is 1.93 bits per heavy atom. The van der Waals surface area contributed by atoms with Crippen molar-refractivity contribution < 1.29 is 4.74 Å². The van der Waals surface area contributed by atoms with Crippen molar-refractivity contribution in [2.75, 3.05) is 6.54 Å². The maximum atomic E-state index is 8.61. The SMILES string of the molecule is [N-]=[N+]=NCC(OCc1ccc(CCc2ccccc2)cc1)c1ccccc1. The van der Waals surface area contributed by atoms with Crippen LogP contribution in [0.5, 0.6) is 0 Å². The van der Waals surface area contributed by atoms with Crippen LogP contribution in [0.25, 0.3) is 10.4 Å². The van der Waals surface area contributed by atoms with E-state index in [1.165, 1.54) is 11.1 Å². The van der Waals surface area contributed by atoms with E-state index in [9.17, 15) is 0 Å². The Balaban J connectivity index is 1.55. The number of ether oxygens (including phenoxy) is 1. The molecule has 4 nitrogen and oxygen atoms in total. The van der Waals surface area contributed by atoms with Crippen LogP contribution in [0, 0.1) is 0 Å². The topological polar surface area (TPSA) is 58.0 Å². The van der Waals surface area contributed by atoms with E-state index in [1.807, 2.05) is 36.4 Å². The zero-order valence-electron chi connectivity index (χ0n) is 15.2. The normalized spacial score (nSPS) is 11.6. The van der Waals surface area contributed by atoms with Gasteiger partial charge in [-0.05, 0) is 40.6 Å². The molecule has 136 valence electrons. The molecule has 1 atom stereocenters. The van der Waals surface area contributed by atoms with Gasteiger partial charge in [0.2, 0.25) is 0 Å². The predicted molar refractivity (Wildman–Crippen MR) is 108 cm³/mol. The van der Waals surface area contributed by atoms with E-state index in [0.29, 0.717) is 6.61 Å². The molecule has 3 rings (SSSR count). The summed E-state index contributed by atoms with van der Waals surface area (Å²) in [6, 6.07) is 28.9. The molecule has 0 fully saturated rings. The average molecular weight is 357 g/mol. The molecule has 0 aromatic heterocycles. The summed E-state index contributed by atoms with van der Waals surface area (Å²) >= 11 is 0. The van der Waals surface area contributed by atoms with Crippen molar-refractivity contribution in [3.05, 3.63) is 118 Å². The van der Waals surface area contributed by atoms with Gasteiger partial charge in [-0.2, -0.15) is 0 Å². The lowest BCUT2D eigenvalue weighted by atomic mass is 10.0. The third-order valence-corrected chi connectivity index (χ3v) is 4.50. The van der Waals surface area contributed by atoms with Crippen LogP contribution >= 0.6 is 0 Å². The number of aryl methyl sites for hydroxylation is 2. The first-order chi connectivity index (χ1) is 13.3. The van der Waals surface area contributed by atoms with Gasteiger partial charge < -0.3 is 4.74 Å². The van der Waals surface area contributed by atoms with E-state index < -0.39 is 0 Å². The first kappa shape index (κ1) is 18.7. The maximum absolute atomic E-state index is 8.61. The van der Waals surface area contributed by atoms with Crippen molar-refractivity contribution in [3.63, 3.8) is 0 Å². The molecule has 0 aliphatic carbocycles. The lowest BCUT2D eigenvalue weighted by Gasteiger charge is -2.16. The third-order valence-electron chi connectivity index (χ3n) is 4.50. The molecule has 0 radical (unpaired) electrons. The van der Waals surface area contributed by atoms with Crippen LogP contribution in [0.1, 0.15) is 28.4 Å². The van der Waals surface area contributed by atoms with E-state index in [2.05, 4.69) is 58.6 Å². The van der Waals surface area contributed by atoms with Crippen LogP contribution in [-0.4, -0.2) is 6.54 Å². The minimum Gasteiger partial charge on any atom is -0.369 e. The molecule has 0 bridgehead atoms. The van der Waals surface area contributed by atoms with Gasteiger partial charge in [0.15, 0.2) is 0 Å². The van der Waals surface area contributed by atoms with E-state index >= 15 is 0 Å². The zero-order valence-corrected chi connectivity index (χ0v) is 15.2. The standard InChI is InChI=1S/C23H23N3O/c24-26-25-17-23(22-9-5-2-6-10-22)27-18-21-15-13-20(14-16-21)12-11-19-7-3-1-4-8-19/h1-10,13-16,23H,11-12,17-18H2. The lowest BCUT2D eigenvalue weighted by Crippen LogP contribution is -2.08. The predicted octanol–water partition coefficient (Wildman–Crippen LogP) is 6.04. The van der Waals surface area contributed by atoms with Crippen LogP contribution in [0.3, 0.4) is 0 Å². The number of rotatable bonds is 9. The molecule has 0 aliphatic heterocycles. The summed E-state index contributed by atoms with van der Waals surface area (Å²) in [5.41, 5.74) is 13.4. The van der Waals surface area contributed by atoms with Crippen molar-refractivity contribution in [2.45, 2.75) is 25.6 Å². The summed E-state index contributed by atoms with van der Waals surface area (Å²) in [5, 5.41) is 3.68. The van der Waals surface area contributed by atoms with Crippen LogP contribution in [0.4, 0.5) is 0 Å². The Hall–Kier alpha value is -3.07.